The van der Waals surface area contributed by atoms with Crippen LogP contribution in [0.15, 0.2) is 24.3 Å². The minimum Gasteiger partial charge on any atom is -0.493 e. The fourth-order valence-electron chi connectivity index (χ4n) is 3.31. The van der Waals surface area contributed by atoms with E-state index in [1.807, 2.05) is 24.3 Å². The van der Waals surface area contributed by atoms with Crippen molar-refractivity contribution in [1.29, 1.82) is 0 Å². The lowest BCUT2D eigenvalue weighted by atomic mass is 9.92. The van der Waals surface area contributed by atoms with Crippen LogP contribution in [0.5, 0.6) is 5.75 Å². The monoisotopic (exact) mass is 334 g/mol. The summed E-state index contributed by atoms with van der Waals surface area (Å²) < 4.78 is 10.9. The molecule has 6 heteroatoms. The standard InChI is InChI=1S/C18H26N2O4/c1-18(22,13-20-7-10-23-11-8-20)12-19-17(21)15-6-9-24-16-5-3-2-4-14(15)16/h2-5,15,22H,6-13H2,1H3,(H,19,21)/t15-,18-/m1/s1. The van der Waals surface area contributed by atoms with Gasteiger partial charge < -0.3 is 19.9 Å². The van der Waals surface area contributed by atoms with Gasteiger partial charge in [0.1, 0.15) is 5.75 Å². The van der Waals surface area contributed by atoms with Crippen molar-refractivity contribution in [2.75, 3.05) is 46.0 Å². The van der Waals surface area contributed by atoms with Crippen molar-refractivity contribution < 1.29 is 19.4 Å². The highest BCUT2D eigenvalue weighted by molar-refractivity contribution is 5.84. The molecule has 0 spiro atoms. The first kappa shape index (κ1) is 17.2. The summed E-state index contributed by atoms with van der Waals surface area (Å²) in [5.74, 6) is 0.520. The second-order valence-electron chi connectivity index (χ2n) is 6.83. The predicted octanol–water partition coefficient (Wildman–Crippen LogP) is 0.752. The van der Waals surface area contributed by atoms with Gasteiger partial charge in [-0.1, -0.05) is 18.2 Å². The van der Waals surface area contributed by atoms with Gasteiger partial charge in [-0.25, -0.2) is 0 Å². The molecule has 1 aromatic rings. The van der Waals surface area contributed by atoms with Gasteiger partial charge in [0, 0.05) is 31.7 Å². The summed E-state index contributed by atoms with van der Waals surface area (Å²) in [6.45, 7) is 6.10. The molecule has 2 aliphatic heterocycles. The summed E-state index contributed by atoms with van der Waals surface area (Å²) in [5.41, 5.74) is -0.0356. The van der Waals surface area contributed by atoms with E-state index in [0.29, 0.717) is 32.8 Å². The molecule has 24 heavy (non-hydrogen) atoms. The van der Waals surface area contributed by atoms with Crippen molar-refractivity contribution in [2.24, 2.45) is 0 Å². The topological polar surface area (TPSA) is 71.0 Å². The molecular formula is C18H26N2O4. The number of benzene rings is 1. The zero-order chi connectivity index (χ0) is 17.0. The summed E-state index contributed by atoms with van der Waals surface area (Å²) in [7, 11) is 0. The van der Waals surface area contributed by atoms with Crippen LogP contribution >= 0.6 is 0 Å². The largest absolute Gasteiger partial charge is 0.493 e. The Hall–Kier alpha value is -1.63. The van der Waals surface area contributed by atoms with Gasteiger partial charge in [0.25, 0.3) is 0 Å². The van der Waals surface area contributed by atoms with Gasteiger partial charge >= 0.3 is 0 Å². The molecule has 6 nitrogen and oxygen atoms in total. The van der Waals surface area contributed by atoms with Crippen molar-refractivity contribution >= 4 is 5.91 Å². The molecular weight excluding hydrogens is 308 g/mol. The quantitative estimate of drug-likeness (QED) is 0.832. The Morgan fingerprint density at radius 2 is 2.08 bits per heavy atom. The van der Waals surface area contributed by atoms with Crippen LogP contribution in [0.1, 0.15) is 24.8 Å². The molecule has 1 amide bonds. The molecule has 2 atom stereocenters. The fraction of sp³-hybridized carbons (Fsp3) is 0.611. The summed E-state index contributed by atoms with van der Waals surface area (Å²) in [6.07, 6.45) is 0.661. The maximum absolute atomic E-state index is 12.6. The summed E-state index contributed by atoms with van der Waals surface area (Å²) >= 11 is 0. The normalized spacial score (nSPS) is 23.7. The Morgan fingerprint density at radius 1 is 1.33 bits per heavy atom. The maximum atomic E-state index is 12.6. The Bertz CT molecular complexity index is 570. The number of β-amino-alcohol motifs (C(OH)–C–C–N with tert-alkyl or cyclic N) is 1. The minimum absolute atomic E-state index is 0.0481. The van der Waals surface area contributed by atoms with Crippen LogP contribution in [0.25, 0.3) is 0 Å². The van der Waals surface area contributed by atoms with E-state index in [9.17, 15) is 9.90 Å². The number of fused-ring (bicyclic) bond motifs is 1. The number of hydrogen-bond acceptors (Lipinski definition) is 5. The van der Waals surface area contributed by atoms with Gasteiger partial charge in [-0.2, -0.15) is 0 Å². The van der Waals surface area contributed by atoms with Crippen molar-refractivity contribution in [3.8, 4) is 5.75 Å². The number of carbonyl (C=O) groups is 1. The van der Waals surface area contributed by atoms with Gasteiger partial charge in [0.15, 0.2) is 0 Å². The van der Waals surface area contributed by atoms with E-state index in [2.05, 4.69) is 10.2 Å². The zero-order valence-corrected chi connectivity index (χ0v) is 14.2. The lowest BCUT2D eigenvalue weighted by Crippen LogP contribution is -2.51. The Kier molecular flexibility index (Phi) is 5.38. The van der Waals surface area contributed by atoms with E-state index in [0.717, 1.165) is 24.4 Å². The third-order valence-electron chi connectivity index (χ3n) is 4.59. The van der Waals surface area contributed by atoms with Crippen LogP contribution in [0.3, 0.4) is 0 Å². The van der Waals surface area contributed by atoms with Crippen LogP contribution < -0.4 is 10.1 Å². The van der Waals surface area contributed by atoms with Gasteiger partial charge in [-0.3, -0.25) is 9.69 Å². The second kappa shape index (κ2) is 7.51. The van der Waals surface area contributed by atoms with Crippen LogP contribution in [0.2, 0.25) is 0 Å². The minimum atomic E-state index is -0.961. The average molecular weight is 334 g/mol. The van der Waals surface area contributed by atoms with Crippen LogP contribution in [-0.4, -0.2) is 67.5 Å². The smallest absolute Gasteiger partial charge is 0.227 e. The number of nitrogens with one attached hydrogen (secondary N) is 1. The Balaban J connectivity index is 1.55. The van der Waals surface area contributed by atoms with E-state index >= 15 is 0 Å². The van der Waals surface area contributed by atoms with E-state index in [1.54, 1.807) is 6.92 Å². The number of morpholine rings is 1. The SMILES string of the molecule is C[C@@](O)(CNC(=O)[C@@H]1CCOc2ccccc21)CN1CCOCC1. The van der Waals surface area contributed by atoms with E-state index in [4.69, 9.17) is 9.47 Å². The number of amides is 1. The molecule has 1 saturated heterocycles. The fourth-order valence-corrected chi connectivity index (χ4v) is 3.31. The third-order valence-corrected chi connectivity index (χ3v) is 4.59. The number of carbonyl (C=O) groups excluding carboxylic acids is 1. The first-order chi connectivity index (χ1) is 11.6. The third kappa shape index (κ3) is 4.26. The van der Waals surface area contributed by atoms with E-state index in [1.165, 1.54) is 0 Å². The predicted molar refractivity (Wildman–Crippen MR) is 90.2 cm³/mol. The molecule has 0 aromatic heterocycles. The number of nitrogens with zero attached hydrogens (tertiary/aromatic N) is 1. The molecule has 2 aliphatic rings. The Morgan fingerprint density at radius 3 is 2.88 bits per heavy atom. The lowest BCUT2D eigenvalue weighted by molar-refractivity contribution is -0.124. The first-order valence-electron chi connectivity index (χ1n) is 8.57. The second-order valence-corrected chi connectivity index (χ2v) is 6.83. The Labute approximate surface area is 142 Å². The number of hydrogen-bond donors (Lipinski definition) is 2. The molecule has 1 fully saturated rings. The van der Waals surface area contributed by atoms with Crippen molar-refractivity contribution in [3.05, 3.63) is 29.8 Å². The lowest BCUT2D eigenvalue weighted by Gasteiger charge is -2.34. The van der Waals surface area contributed by atoms with E-state index < -0.39 is 5.60 Å². The van der Waals surface area contributed by atoms with Gasteiger partial charge in [-0.15, -0.1) is 0 Å². The molecule has 132 valence electrons. The van der Waals surface area contributed by atoms with Crippen LogP contribution in [0, 0.1) is 0 Å². The summed E-state index contributed by atoms with van der Waals surface area (Å²) in [4.78, 5) is 14.8. The van der Waals surface area contributed by atoms with Crippen molar-refractivity contribution in [1.82, 2.24) is 10.2 Å². The molecule has 2 N–H and O–H groups in total. The zero-order valence-electron chi connectivity index (χ0n) is 14.2. The molecule has 1 aromatic carbocycles. The van der Waals surface area contributed by atoms with Gasteiger partial charge in [0.05, 0.1) is 31.3 Å². The molecule has 0 bridgehead atoms. The summed E-state index contributed by atoms with van der Waals surface area (Å²) in [6, 6.07) is 7.66. The number of ether oxygens (including phenoxy) is 2. The van der Waals surface area contributed by atoms with E-state index in [-0.39, 0.29) is 18.4 Å². The highest BCUT2D eigenvalue weighted by atomic mass is 16.5. The number of rotatable bonds is 5. The number of para-hydroxylation sites is 1. The molecule has 0 unspecified atom stereocenters. The highest BCUT2D eigenvalue weighted by Gasteiger charge is 2.30. The summed E-state index contributed by atoms with van der Waals surface area (Å²) in [5, 5.41) is 13.5. The molecule has 0 aliphatic carbocycles. The molecule has 0 radical (unpaired) electrons. The average Bonchev–Trinajstić information content (AvgIpc) is 2.60. The highest BCUT2D eigenvalue weighted by Crippen LogP contribution is 2.33. The molecule has 3 rings (SSSR count). The van der Waals surface area contributed by atoms with Crippen LogP contribution in [0.4, 0.5) is 0 Å². The van der Waals surface area contributed by atoms with Crippen molar-refractivity contribution in [3.63, 3.8) is 0 Å². The molecule has 2 heterocycles. The van der Waals surface area contributed by atoms with Gasteiger partial charge in [-0.05, 0) is 19.4 Å². The van der Waals surface area contributed by atoms with Gasteiger partial charge in [0.2, 0.25) is 5.91 Å². The molecule has 0 saturated carbocycles. The van der Waals surface area contributed by atoms with Crippen molar-refractivity contribution in [2.45, 2.75) is 24.9 Å². The van der Waals surface area contributed by atoms with Crippen LogP contribution in [-0.2, 0) is 9.53 Å². The first-order valence-corrected chi connectivity index (χ1v) is 8.57. The number of aliphatic hydroxyl groups is 1. The maximum Gasteiger partial charge on any atom is 0.227 e.